The Hall–Kier alpha value is -2.86. The maximum Gasteiger partial charge on any atom is 0.259 e. The average Bonchev–Trinajstić information content (AvgIpc) is 3.20. The van der Waals surface area contributed by atoms with E-state index in [-0.39, 0.29) is 5.91 Å². The topological polar surface area (TPSA) is 73.9 Å². The van der Waals surface area contributed by atoms with Crippen LogP contribution in [0.5, 0.6) is 0 Å². The molecule has 0 bridgehead atoms. The first-order valence-electron chi connectivity index (χ1n) is 9.02. The van der Waals surface area contributed by atoms with Crippen molar-refractivity contribution in [1.29, 1.82) is 0 Å². The first-order valence-corrected chi connectivity index (χ1v) is 9.40. The standard InChI is InChI=1S/C20H20ClN5O/c21-15-6-4-14(5-7-15)19-17(13-23-25-19)20(27)24-16-8-9-18(22-12-16)26-10-2-1-3-11-26/h4-9,12-13H,1-3,10-11H2,(H,23,25)(H,24,27). The highest BCUT2D eigenvalue weighted by atomic mass is 35.5. The van der Waals surface area contributed by atoms with Crippen LogP contribution in [-0.2, 0) is 0 Å². The number of benzene rings is 1. The minimum atomic E-state index is -0.235. The largest absolute Gasteiger partial charge is 0.357 e. The van der Waals surface area contributed by atoms with Gasteiger partial charge in [-0.3, -0.25) is 9.89 Å². The summed E-state index contributed by atoms with van der Waals surface area (Å²) in [4.78, 5) is 19.5. The molecule has 3 heterocycles. The van der Waals surface area contributed by atoms with E-state index in [2.05, 4.69) is 25.4 Å². The number of pyridine rings is 1. The number of aromatic nitrogens is 3. The highest BCUT2D eigenvalue weighted by Crippen LogP contribution is 2.24. The molecule has 0 unspecified atom stereocenters. The van der Waals surface area contributed by atoms with Gasteiger partial charge in [-0.1, -0.05) is 23.7 Å². The van der Waals surface area contributed by atoms with Gasteiger partial charge in [0.1, 0.15) is 5.82 Å². The van der Waals surface area contributed by atoms with Gasteiger partial charge in [0.25, 0.3) is 5.91 Å². The minimum absolute atomic E-state index is 0.235. The van der Waals surface area contributed by atoms with E-state index < -0.39 is 0 Å². The molecule has 0 radical (unpaired) electrons. The molecule has 1 aromatic carbocycles. The molecule has 1 aliphatic rings. The summed E-state index contributed by atoms with van der Waals surface area (Å²) in [7, 11) is 0. The second-order valence-corrected chi connectivity index (χ2v) is 7.01. The molecule has 0 spiro atoms. The zero-order valence-corrected chi connectivity index (χ0v) is 15.5. The zero-order chi connectivity index (χ0) is 18.6. The highest BCUT2D eigenvalue weighted by Gasteiger charge is 2.16. The SMILES string of the molecule is O=C(Nc1ccc(N2CCCCC2)nc1)c1cn[nH]c1-c1ccc(Cl)cc1. The number of hydrogen-bond donors (Lipinski definition) is 2. The summed E-state index contributed by atoms with van der Waals surface area (Å²) >= 11 is 5.94. The van der Waals surface area contributed by atoms with Crippen molar-refractivity contribution in [1.82, 2.24) is 15.2 Å². The molecule has 1 amide bonds. The molecule has 4 rings (SSSR count). The smallest absolute Gasteiger partial charge is 0.259 e. The van der Waals surface area contributed by atoms with Crippen LogP contribution in [0.2, 0.25) is 5.02 Å². The summed E-state index contributed by atoms with van der Waals surface area (Å²) in [6.07, 6.45) is 6.91. The van der Waals surface area contributed by atoms with Gasteiger partial charge in [-0.25, -0.2) is 4.98 Å². The van der Waals surface area contributed by atoms with Crippen LogP contribution in [0, 0.1) is 0 Å². The first kappa shape index (κ1) is 17.5. The predicted octanol–water partition coefficient (Wildman–Crippen LogP) is 4.37. The zero-order valence-electron chi connectivity index (χ0n) is 14.8. The van der Waals surface area contributed by atoms with Crippen LogP contribution in [0.3, 0.4) is 0 Å². The molecule has 0 saturated carbocycles. The Labute approximate surface area is 162 Å². The monoisotopic (exact) mass is 381 g/mol. The van der Waals surface area contributed by atoms with Crippen molar-refractivity contribution in [3.63, 3.8) is 0 Å². The van der Waals surface area contributed by atoms with E-state index in [9.17, 15) is 4.79 Å². The number of rotatable bonds is 4. The van der Waals surface area contributed by atoms with Gasteiger partial charge in [0, 0.05) is 23.7 Å². The lowest BCUT2D eigenvalue weighted by atomic mass is 10.1. The van der Waals surface area contributed by atoms with Crippen molar-refractivity contribution in [2.24, 2.45) is 0 Å². The van der Waals surface area contributed by atoms with Crippen LogP contribution in [0.1, 0.15) is 29.6 Å². The van der Waals surface area contributed by atoms with E-state index in [4.69, 9.17) is 11.6 Å². The molecule has 3 aromatic rings. The third kappa shape index (κ3) is 3.95. The Kier molecular flexibility index (Phi) is 5.07. The quantitative estimate of drug-likeness (QED) is 0.703. The van der Waals surface area contributed by atoms with Crippen LogP contribution in [0.4, 0.5) is 11.5 Å². The average molecular weight is 382 g/mol. The van der Waals surface area contributed by atoms with Crippen molar-refractivity contribution >= 4 is 29.0 Å². The Morgan fingerprint density at radius 3 is 2.52 bits per heavy atom. The fourth-order valence-corrected chi connectivity index (χ4v) is 3.39. The van der Waals surface area contributed by atoms with Gasteiger partial charge in [-0.15, -0.1) is 0 Å². The Balaban J connectivity index is 1.48. The van der Waals surface area contributed by atoms with Gasteiger partial charge in [0.2, 0.25) is 0 Å². The molecule has 0 atom stereocenters. The summed E-state index contributed by atoms with van der Waals surface area (Å²) in [6, 6.07) is 11.1. The molecule has 7 heteroatoms. The van der Waals surface area contributed by atoms with Crippen molar-refractivity contribution < 1.29 is 4.79 Å². The molecular weight excluding hydrogens is 362 g/mol. The van der Waals surface area contributed by atoms with Crippen molar-refractivity contribution in [3.8, 4) is 11.3 Å². The second-order valence-electron chi connectivity index (χ2n) is 6.57. The van der Waals surface area contributed by atoms with Crippen molar-refractivity contribution in [2.75, 3.05) is 23.3 Å². The number of nitrogens with one attached hydrogen (secondary N) is 2. The molecule has 1 aliphatic heterocycles. The summed E-state index contributed by atoms with van der Waals surface area (Å²) in [5.74, 6) is 0.721. The number of carbonyl (C=O) groups excluding carboxylic acids is 1. The number of aromatic amines is 1. The second kappa shape index (κ2) is 7.80. The van der Waals surface area contributed by atoms with Gasteiger partial charge in [0.05, 0.1) is 29.3 Å². The van der Waals surface area contributed by atoms with E-state index in [1.807, 2.05) is 24.3 Å². The van der Waals surface area contributed by atoms with E-state index >= 15 is 0 Å². The van der Waals surface area contributed by atoms with Crippen LogP contribution in [0.25, 0.3) is 11.3 Å². The number of carbonyl (C=O) groups is 1. The number of halogens is 1. The Morgan fingerprint density at radius 1 is 1.04 bits per heavy atom. The van der Waals surface area contributed by atoms with E-state index in [1.165, 1.54) is 25.5 Å². The lowest BCUT2D eigenvalue weighted by Gasteiger charge is -2.27. The summed E-state index contributed by atoms with van der Waals surface area (Å²) in [6.45, 7) is 2.08. The predicted molar refractivity (Wildman–Crippen MR) is 107 cm³/mol. The number of nitrogens with zero attached hydrogens (tertiary/aromatic N) is 3. The lowest BCUT2D eigenvalue weighted by Crippen LogP contribution is -2.30. The van der Waals surface area contributed by atoms with E-state index in [0.717, 1.165) is 24.5 Å². The van der Waals surface area contributed by atoms with Crippen molar-refractivity contribution in [3.05, 3.63) is 59.4 Å². The molecule has 1 saturated heterocycles. The fraction of sp³-hybridized carbons (Fsp3) is 0.250. The molecule has 2 aromatic heterocycles. The Bertz CT molecular complexity index is 914. The van der Waals surface area contributed by atoms with Crippen LogP contribution in [0.15, 0.2) is 48.8 Å². The summed E-state index contributed by atoms with van der Waals surface area (Å²) < 4.78 is 0. The van der Waals surface area contributed by atoms with Gasteiger partial charge in [-0.05, 0) is 43.5 Å². The molecule has 27 heavy (non-hydrogen) atoms. The third-order valence-corrected chi connectivity index (χ3v) is 4.95. The highest BCUT2D eigenvalue weighted by molar-refractivity contribution is 6.30. The first-order chi connectivity index (χ1) is 13.2. The molecule has 1 fully saturated rings. The number of H-pyrrole nitrogens is 1. The van der Waals surface area contributed by atoms with Gasteiger partial charge in [-0.2, -0.15) is 5.10 Å². The molecule has 2 N–H and O–H groups in total. The maximum absolute atomic E-state index is 12.7. The molecule has 138 valence electrons. The van der Waals surface area contributed by atoms with Crippen LogP contribution < -0.4 is 10.2 Å². The fourth-order valence-electron chi connectivity index (χ4n) is 3.26. The number of hydrogen-bond acceptors (Lipinski definition) is 4. The minimum Gasteiger partial charge on any atom is -0.357 e. The number of piperidine rings is 1. The van der Waals surface area contributed by atoms with Gasteiger partial charge < -0.3 is 10.2 Å². The van der Waals surface area contributed by atoms with Crippen molar-refractivity contribution in [2.45, 2.75) is 19.3 Å². The molecule has 0 aliphatic carbocycles. The van der Waals surface area contributed by atoms with Gasteiger partial charge >= 0.3 is 0 Å². The third-order valence-electron chi connectivity index (χ3n) is 4.70. The maximum atomic E-state index is 12.7. The molecular formula is C20H20ClN5O. The normalized spacial score (nSPS) is 14.2. The van der Waals surface area contributed by atoms with E-state index in [0.29, 0.717) is 22.0 Å². The van der Waals surface area contributed by atoms with Crippen LogP contribution in [-0.4, -0.2) is 34.2 Å². The Morgan fingerprint density at radius 2 is 1.81 bits per heavy atom. The lowest BCUT2D eigenvalue weighted by molar-refractivity contribution is 0.102. The number of anilines is 2. The number of amides is 1. The van der Waals surface area contributed by atoms with Crippen LogP contribution >= 0.6 is 11.6 Å². The molecule has 6 nitrogen and oxygen atoms in total. The summed E-state index contributed by atoms with van der Waals surface area (Å²) in [5.41, 5.74) is 2.63. The van der Waals surface area contributed by atoms with Gasteiger partial charge in [0.15, 0.2) is 0 Å². The van der Waals surface area contributed by atoms with E-state index in [1.54, 1.807) is 18.3 Å². The summed E-state index contributed by atoms with van der Waals surface area (Å²) in [5, 5.41) is 10.4.